The van der Waals surface area contributed by atoms with Gasteiger partial charge in [-0.3, -0.25) is 0 Å². The summed E-state index contributed by atoms with van der Waals surface area (Å²) in [7, 11) is 0. The Morgan fingerprint density at radius 2 is 2.17 bits per heavy atom. The molecule has 0 aromatic carbocycles. The summed E-state index contributed by atoms with van der Waals surface area (Å²) >= 11 is 1.97. The van der Waals surface area contributed by atoms with Gasteiger partial charge in [0.1, 0.15) is 5.01 Å². The van der Waals surface area contributed by atoms with E-state index in [1.54, 1.807) is 4.88 Å². The second-order valence-electron chi connectivity index (χ2n) is 6.59. The summed E-state index contributed by atoms with van der Waals surface area (Å²) in [6, 6.07) is 0.743. The van der Waals surface area contributed by atoms with Crippen LogP contribution in [0.1, 0.15) is 62.0 Å². The monoisotopic (exact) mass is 264 g/mol. The van der Waals surface area contributed by atoms with Gasteiger partial charge < -0.3 is 5.32 Å². The molecule has 0 amide bonds. The maximum atomic E-state index is 4.95. The van der Waals surface area contributed by atoms with Crippen LogP contribution in [0.5, 0.6) is 0 Å². The van der Waals surface area contributed by atoms with Crippen LogP contribution in [0.2, 0.25) is 0 Å². The molecule has 0 spiro atoms. The van der Waals surface area contributed by atoms with Gasteiger partial charge >= 0.3 is 0 Å². The third-order valence-corrected chi connectivity index (χ3v) is 5.41. The van der Waals surface area contributed by atoms with Gasteiger partial charge in [0.2, 0.25) is 0 Å². The minimum atomic E-state index is 0.102. The van der Waals surface area contributed by atoms with Gasteiger partial charge in [-0.2, -0.15) is 0 Å². The van der Waals surface area contributed by atoms with Crippen LogP contribution in [0.15, 0.2) is 0 Å². The zero-order valence-electron chi connectivity index (χ0n) is 11.8. The first kappa shape index (κ1) is 12.6. The molecule has 3 heteroatoms. The van der Waals surface area contributed by atoms with Gasteiger partial charge in [-0.05, 0) is 51.4 Å². The Morgan fingerprint density at radius 3 is 2.78 bits per heavy atom. The van der Waals surface area contributed by atoms with Gasteiger partial charge in [-0.25, -0.2) is 4.98 Å². The number of nitrogens with zero attached hydrogens (tertiary/aromatic N) is 1. The van der Waals surface area contributed by atoms with E-state index in [-0.39, 0.29) is 5.54 Å². The summed E-state index contributed by atoms with van der Waals surface area (Å²) in [5.74, 6) is 0.708. The average molecular weight is 264 g/mol. The van der Waals surface area contributed by atoms with Gasteiger partial charge in [0, 0.05) is 10.9 Å². The van der Waals surface area contributed by atoms with Crippen molar-refractivity contribution in [2.24, 2.45) is 5.92 Å². The molecule has 18 heavy (non-hydrogen) atoms. The summed E-state index contributed by atoms with van der Waals surface area (Å²) in [5.41, 5.74) is 1.49. The molecule has 1 aromatic heterocycles. The standard InChI is InChI=1S/C15H24N2S/c1-10(2)9-15(3,17-11-7-8-11)14-16-12-5-4-6-13(12)18-14/h10-11,17H,4-9H2,1-3H3. The zero-order chi connectivity index (χ0) is 12.8. The van der Waals surface area contributed by atoms with Crippen molar-refractivity contribution in [2.75, 3.05) is 0 Å². The normalized spacial score (nSPS) is 22.2. The van der Waals surface area contributed by atoms with Crippen LogP contribution < -0.4 is 5.32 Å². The summed E-state index contributed by atoms with van der Waals surface area (Å²) in [6.07, 6.45) is 7.65. The van der Waals surface area contributed by atoms with Gasteiger partial charge in [-0.15, -0.1) is 11.3 Å². The lowest BCUT2D eigenvalue weighted by Crippen LogP contribution is -2.42. The number of nitrogens with one attached hydrogen (secondary N) is 1. The lowest BCUT2D eigenvalue weighted by Gasteiger charge is -2.31. The summed E-state index contributed by atoms with van der Waals surface area (Å²) in [6.45, 7) is 6.99. The smallest absolute Gasteiger partial charge is 0.113 e. The molecule has 1 unspecified atom stereocenters. The summed E-state index contributed by atoms with van der Waals surface area (Å²) < 4.78 is 0. The molecule has 1 fully saturated rings. The molecule has 2 nitrogen and oxygen atoms in total. The molecular weight excluding hydrogens is 240 g/mol. The molecule has 2 aliphatic rings. The van der Waals surface area contributed by atoms with Crippen molar-refractivity contribution in [1.82, 2.24) is 10.3 Å². The number of hydrogen-bond donors (Lipinski definition) is 1. The Morgan fingerprint density at radius 1 is 1.39 bits per heavy atom. The molecular formula is C15H24N2S. The second kappa shape index (κ2) is 4.61. The molecule has 100 valence electrons. The highest BCUT2D eigenvalue weighted by atomic mass is 32.1. The lowest BCUT2D eigenvalue weighted by molar-refractivity contribution is 0.293. The van der Waals surface area contributed by atoms with Crippen molar-refractivity contribution in [1.29, 1.82) is 0 Å². The maximum Gasteiger partial charge on any atom is 0.113 e. The van der Waals surface area contributed by atoms with Crippen molar-refractivity contribution >= 4 is 11.3 Å². The van der Waals surface area contributed by atoms with E-state index in [2.05, 4.69) is 26.1 Å². The first-order valence-corrected chi connectivity index (χ1v) is 8.15. The molecule has 1 heterocycles. The molecule has 1 aromatic rings. The van der Waals surface area contributed by atoms with Gasteiger partial charge in [0.25, 0.3) is 0 Å². The Labute approximate surface area is 114 Å². The molecule has 0 aliphatic heterocycles. The van der Waals surface area contributed by atoms with Crippen molar-refractivity contribution in [3.8, 4) is 0 Å². The van der Waals surface area contributed by atoms with Crippen LogP contribution in [0.4, 0.5) is 0 Å². The first-order valence-electron chi connectivity index (χ1n) is 7.33. The SMILES string of the molecule is CC(C)CC(C)(NC1CC1)c1nc2c(s1)CCC2. The molecule has 2 aliphatic carbocycles. The molecule has 1 N–H and O–H groups in total. The van der Waals surface area contributed by atoms with Gasteiger partial charge in [0.05, 0.1) is 11.2 Å². The summed E-state index contributed by atoms with van der Waals surface area (Å²) in [5, 5.41) is 5.19. The van der Waals surface area contributed by atoms with E-state index in [0.717, 1.165) is 6.04 Å². The van der Waals surface area contributed by atoms with Crippen LogP contribution in [-0.2, 0) is 18.4 Å². The number of aryl methyl sites for hydroxylation is 2. The highest BCUT2D eigenvalue weighted by Crippen LogP contribution is 2.38. The number of rotatable bonds is 5. The zero-order valence-corrected chi connectivity index (χ0v) is 12.6. The number of aromatic nitrogens is 1. The molecule has 1 atom stereocenters. The highest BCUT2D eigenvalue weighted by molar-refractivity contribution is 7.12. The van der Waals surface area contributed by atoms with E-state index in [1.165, 1.54) is 49.2 Å². The molecule has 0 radical (unpaired) electrons. The van der Waals surface area contributed by atoms with E-state index in [4.69, 9.17) is 4.98 Å². The quantitative estimate of drug-likeness (QED) is 0.878. The van der Waals surface area contributed by atoms with Crippen molar-refractivity contribution in [3.05, 3.63) is 15.6 Å². The van der Waals surface area contributed by atoms with Crippen molar-refractivity contribution in [3.63, 3.8) is 0 Å². The Bertz CT molecular complexity index is 406. The molecule has 0 bridgehead atoms. The fraction of sp³-hybridized carbons (Fsp3) is 0.800. The lowest BCUT2D eigenvalue weighted by atomic mass is 9.91. The maximum absolute atomic E-state index is 4.95. The van der Waals surface area contributed by atoms with E-state index in [1.807, 2.05) is 11.3 Å². The predicted molar refractivity (Wildman–Crippen MR) is 77.1 cm³/mol. The van der Waals surface area contributed by atoms with Crippen LogP contribution in [-0.4, -0.2) is 11.0 Å². The Balaban J connectivity index is 1.85. The van der Waals surface area contributed by atoms with Crippen LogP contribution >= 0.6 is 11.3 Å². The summed E-state index contributed by atoms with van der Waals surface area (Å²) in [4.78, 5) is 6.51. The van der Waals surface area contributed by atoms with Crippen molar-refractivity contribution < 1.29 is 0 Å². The molecule has 3 rings (SSSR count). The minimum absolute atomic E-state index is 0.102. The Hall–Kier alpha value is -0.410. The van der Waals surface area contributed by atoms with E-state index >= 15 is 0 Å². The third kappa shape index (κ3) is 2.48. The fourth-order valence-corrected chi connectivity index (χ4v) is 4.40. The number of fused-ring (bicyclic) bond motifs is 1. The minimum Gasteiger partial charge on any atom is -0.303 e. The highest BCUT2D eigenvalue weighted by Gasteiger charge is 2.37. The topological polar surface area (TPSA) is 24.9 Å². The van der Waals surface area contributed by atoms with Crippen LogP contribution in [0.25, 0.3) is 0 Å². The van der Waals surface area contributed by atoms with Gasteiger partial charge in [-0.1, -0.05) is 13.8 Å². The van der Waals surface area contributed by atoms with Crippen LogP contribution in [0.3, 0.4) is 0 Å². The van der Waals surface area contributed by atoms with E-state index < -0.39 is 0 Å². The molecule has 0 saturated heterocycles. The third-order valence-electron chi connectivity index (χ3n) is 3.98. The second-order valence-corrected chi connectivity index (χ2v) is 7.67. The average Bonchev–Trinajstić information content (AvgIpc) is 2.81. The first-order chi connectivity index (χ1) is 8.57. The Kier molecular flexibility index (Phi) is 3.23. The van der Waals surface area contributed by atoms with Crippen LogP contribution in [0, 0.1) is 5.92 Å². The number of thiazole rings is 1. The number of hydrogen-bond acceptors (Lipinski definition) is 3. The van der Waals surface area contributed by atoms with Gasteiger partial charge in [0.15, 0.2) is 0 Å². The van der Waals surface area contributed by atoms with Crippen molar-refractivity contribution in [2.45, 2.75) is 70.9 Å². The van der Waals surface area contributed by atoms with E-state index in [0.29, 0.717) is 5.92 Å². The molecule has 1 saturated carbocycles. The fourth-order valence-electron chi connectivity index (χ4n) is 3.13. The van der Waals surface area contributed by atoms with E-state index in [9.17, 15) is 0 Å². The predicted octanol–water partition coefficient (Wildman–Crippen LogP) is 3.65. The largest absolute Gasteiger partial charge is 0.303 e.